The van der Waals surface area contributed by atoms with Gasteiger partial charge in [0.2, 0.25) is 6.79 Å². The zero-order chi connectivity index (χ0) is 14.1. The second kappa shape index (κ2) is 5.85. The molecule has 2 saturated heterocycles. The molecule has 3 aliphatic heterocycles. The molecule has 0 aliphatic carbocycles. The summed E-state index contributed by atoms with van der Waals surface area (Å²) in [6, 6.07) is 7.14. The van der Waals surface area contributed by atoms with Crippen LogP contribution in [0.2, 0.25) is 0 Å². The van der Waals surface area contributed by atoms with Crippen molar-refractivity contribution in [1.29, 1.82) is 0 Å². The number of ether oxygens (including phenoxy) is 2. The fourth-order valence-corrected chi connectivity index (χ4v) is 3.89. The minimum atomic E-state index is 0.361. The van der Waals surface area contributed by atoms with Crippen molar-refractivity contribution in [1.82, 2.24) is 9.80 Å². The van der Waals surface area contributed by atoms with Crippen LogP contribution in [0.15, 0.2) is 18.2 Å². The Balaban J connectivity index is 1.44. The molecule has 0 aromatic heterocycles. The number of nitrogens with zero attached hydrogens (tertiary/aromatic N) is 2. The molecule has 1 aromatic rings. The van der Waals surface area contributed by atoms with Gasteiger partial charge >= 0.3 is 0 Å². The predicted octanol–water partition coefficient (Wildman–Crippen LogP) is 2.48. The third kappa shape index (κ3) is 2.87. The molecule has 1 unspecified atom stereocenters. The Hall–Kier alpha value is -1.26. The van der Waals surface area contributed by atoms with Crippen LogP contribution < -0.4 is 9.47 Å². The molecule has 4 nitrogen and oxygen atoms in total. The lowest BCUT2D eigenvalue weighted by Crippen LogP contribution is -2.43. The van der Waals surface area contributed by atoms with Crippen molar-refractivity contribution in [3.05, 3.63) is 23.8 Å². The number of fused-ring (bicyclic) bond motifs is 2. The van der Waals surface area contributed by atoms with Gasteiger partial charge in [0.05, 0.1) is 0 Å². The first-order valence-electron chi connectivity index (χ1n) is 8.23. The summed E-state index contributed by atoms with van der Waals surface area (Å²) < 4.78 is 10.9. The summed E-state index contributed by atoms with van der Waals surface area (Å²) in [6.07, 6.45) is 5.45. The van der Waals surface area contributed by atoms with Gasteiger partial charge in [0.25, 0.3) is 0 Å². The van der Waals surface area contributed by atoms with E-state index in [2.05, 4.69) is 21.9 Å². The lowest BCUT2D eigenvalue weighted by Gasteiger charge is -2.35. The molecule has 3 aliphatic rings. The Labute approximate surface area is 126 Å². The number of piperidine rings is 1. The van der Waals surface area contributed by atoms with E-state index in [9.17, 15) is 0 Å². The Bertz CT molecular complexity index is 506. The SMILES string of the molecule is c1cc2c(cc1CN1CCCN3CCCCC3C1)OCO2. The van der Waals surface area contributed by atoms with Gasteiger partial charge in [-0.25, -0.2) is 0 Å². The van der Waals surface area contributed by atoms with Gasteiger partial charge in [-0.2, -0.15) is 0 Å². The molecular formula is C17H24N2O2. The monoisotopic (exact) mass is 288 g/mol. The quantitative estimate of drug-likeness (QED) is 0.834. The predicted molar refractivity (Wildman–Crippen MR) is 81.7 cm³/mol. The van der Waals surface area contributed by atoms with E-state index in [1.807, 2.05) is 6.07 Å². The summed E-state index contributed by atoms with van der Waals surface area (Å²) in [5.74, 6) is 1.79. The number of hydrogen-bond acceptors (Lipinski definition) is 4. The third-order valence-corrected chi connectivity index (χ3v) is 4.98. The summed E-state index contributed by atoms with van der Waals surface area (Å²) in [5, 5.41) is 0. The van der Waals surface area contributed by atoms with E-state index >= 15 is 0 Å². The molecule has 0 N–H and O–H groups in total. The first kappa shape index (κ1) is 13.4. The normalized spacial score (nSPS) is 26.4. The van der Waals surface area contributed by atoms with Gasteiger partial charge in [-0.15, -0.1) is 0 Å². The standard InChI is InChI=1S/C17H24N2O2/c1-2-8-19-9-3-7-18(12-15(19)4-1)11-14-5-6-16-17(10-14)21-13-20-16/h5-6,10,15H,1-4,7-9,11-13H2. The van der Waals surface area contributed by atoms with Gasteiger partial charge < -0.3 is 9.47 Å². The topological polar surface area (TPSA) is 24.9 Å². The van der Waals surface area contributed by atoms with Crippen LogP contribution in [0.1, 0.15) is 31.2 Å². The summed E-state index contributed by atoms with van der Waals surface area (Å²) in [4.78, 5) is 5.33. The molecule has 21 heavy (non-hydrogen) atoms. The van der Waals surface area contributed by atoms with Crippen molar-refractivity contribution in [3.63, 3.8) is 0 Å². The van der Waals surface area contributed by atoms with Crippen molar-refractivity contribution in [3.8, 4) is 11.5 Å². The van der Waals surface area contributed by atoms with Crippen molar-refractivity contribution in [2.24, 2.45) is 0 Å². The highest BCUT2D eigenvalue weighted by molar-refractivity contribution is 5.44. The van der Waals surface area contributed by atoms with Crippen LogP contribution in [0, 0.1) is 0 Å². The highest BCUT2D eigenvalue weighted by atomic mass is 16.7. The molecule has 4 heteroatoms. The first-order valence-corrected chi connectivity index (χ1v) is 8.23. The summed E-state index contributed by atoms with van der Waals surface area (Å²) in [7, 11) is 0. The number of hydrogen-bond donors (Lipinski definition) is 0. The minimum absolute atomic E-state index is 0.361. The molecular weight excluding hydrogens is 264 g/mol. The average molecular weight is 288 g/mol. The maximum Gasteiger partial charge on any atom is 0.231 e. The largest absolute Gasteiger partial charge is 0.454 e. The first-order chi connectivity index (χ1) is 10.4. The zero-order valence-electron chi connectivity index (χ0n) is 12.6. The van der Waals surface area contributed by atoms with Crippen LogP contribution in [0.4, 0.5) is 0 Å². The van der Waals surface area contributed by atoms with Crippen LogP contribution in [-0.4, -0.2) is 48.8 Å². The average Bonchev–Trinajstić information content (AvgIpc) is 2.87. The molecule has 0 spiro atoms. The Kier molecular flexibility index (Phi) is 3.74. The van der Waals surface area contributed by atoms with E-state index in [0.717, 1.165) is 24.1 Å². The van der Waals surface area contributed by atoms with Gasteiger partial charge in [0, 0.05) is 19.1 Å². The van der Waals surface area contributed by atoms with E-state index in [-0.39, 0.29) is 0 Å². The molecule has 0 amide bonds. The summed E-state index contributed by atoms with van der Waals surface area (Å²) >= 11 is 0. The van der Waals surface area contributed by atoms with E-state index in [0.29, 0.717) is 6.79 Å². The lowest BCUT2D eigenvalue weighted by atomic mass is 10.0. The fraction of sp³-hybridized carbons (Fsp3) is 0.647. The van der Waals surface area contributed by atoms with Crippen molar-refractivity contribution < 1.29 is 9.47 Å². The maximum atomic E-state index is 5.49. The molecule has 4 rings (SSSR count). The number of rotatable bonds is 2. The fourth-order valence-electron chi connectivity index (χ4n) is 3.89. The van der Waals surface area contributed by atoms with Gasteiger partial charge in [-0.1, -0.05) is 12.5 Å². The minimum Gasteiger partial charge on any atom is -0.454 e. The summed E-state index contributed by atoms with van der Waals surface area (Å²) in [6.45, 7) is 6.40. The van der Waals surface area contributed by atoms with Crippen molar-refractivity contribution >= 4 is 0 Å². The maximum absolute atomic E-state index is 5.49. The highest BCUT2D eigenvalue weighted by Gasteiger charge is 2.27. The summed E-state index contributed by atoms with van der Waals surface area (Å²) in [5.41, 5.74) is 1.34. The lowest BCUT2D eigenvalue weighted by molar-refractivity contribution is 0.135. The third-order valence-electron chi connectivity index (χ3n) is 4.98. The van der Waals surface area contributed by atoms with Gasteiger partial charge in [-0.05, 0) is 56.6 Å². The smallest absolute Gasteiger partial charge is 0.231 e. The molecule has 0 saturated carbocycles. The molecule has 3 heterocycles. The van der Waals surface area contributed by atoms with E-state index < -0.39 is 0 Å². The van der Waals surface area contributed by atoms with Crippen LogP contribution in [-0.2, 0) is 6.54 Å². The highest BCUT2D eigenvalue weighted by Crippen LogP contribution is 2.33. The zero-order valence-corrected chi connectivity index (χ0v) is 12.6. The Morgan fingerprint density at radius 3 is 2.90 bits per heavy atom. The van der Waals surface area contributed by atoms with Gasteiger partial charge in [0.1, 0.15) is 0 Å². The Morgan fingerprint density at radius 1 is 1.00 bits per heavy atom. The second-order valence-corrected chi connectivity index (χ2v) is 6.46. The van der Waals surface area contributed by atoms with E-state index in [1.54, 1.807) is 0 Å². The van der Waals surface area contributed by atoms with Crippen molar-refractivity contribution in [2.75, 3.05) is 33.0 Å². The van der Waals surface area contributed by atoms with Crippen molar-refractivity contribution in [2.45, 2.75) is 38.3 Å². The molecule has 2 fully saturated rings. The molecule has 0 radical (unpaired) electrons. The van der Waals surface area contributed by atoms with Gasteiger partial charge in [-0.3, -0.25) is 9.80 Å². The second-order valence-electron chi connectivity index (χ2n) is 6.46. The van der Waals surface area contributed by atoms with Crippen LogP contribution in [0.3, 0.4) is 0 Å². The van der Waals surface area contributed by atoms with E-state index in [4.69, 9.17) is 9.47 Å². The van der Waals surface area contributed by atoms with E-state index in [1.165, 1.54) is 57.4 Å². The number of benzene rings is 1. The molecule has 0 bridgehead atoms. The van der Waals surface area contributed by atoms with Crippen LogP contribution in [0.5, 0.6) is 11.5 Å². The van der Waals surface area contributed by atoms with Crippen LogP contribution in [0.25, 0.3) is 0 Å². The molecule has 114 valence electrons. The Morgan fingerprint density at radius 2 is 1.90 bits per heavy atom. The van der Waals surface area contributed by atoms with Gasteiger partial charge in [0.15, 0.2) is 11.5 Å². The molecule has 1 aromatic carbocycles. The molecule has 1 atom stereocenters. The van der Waals surface area contributed by atoms with Crippen LogP contribution >= 0.6 is 0 Å².